The second-order valence-corrected chi connectivity index (χ2v) is 4.76. The van der Waals surface area contributed by atoms with Gasteiger partial charge in [0.25, 0.3) is 0 Å². The largest absolute Gasteiger partial charge is 0.496 e. The highest BCUT2D eigenvalue weighted by molar-refractivity contribution is 5.68. The fourth-order valence-electron chi connectivity index (χ4n) is 2.57. The van der Waals surface area contributed by atoms with Gasteiger partial charge in [0.1, 0.15) is 5.75 Å². The molecule has 1 aromatic carbocycles. The Labute approximate surface area is 109 Å². The van der Waals surface area contributed by atoms with Gasteiger partial charge in [-0.1, -0.05) is 6.92 Å². The predicted molar refractivity (Wildman–Crippen MR) is 72.5 cm³/mol. The van der Waals surface area contributed by atoms with Gasteiger partial charge in [-0.05, 0) is 61.4 Å². The molecule has 0 radical (unpaired) electrons. The molecule has 18 heavy (non-hydrogen) atoms. The molecular formula is C15H22O3. The average molecular weight is 250 g/mol. The molecule has 1 rings (SSSR count). The molecule has 0 aromatic heterocycles. The van der Waals surface area contributed by atoms with Gasteiger partial charge in [-0.3, -0.25) is 4.79 Å². The number of ether oxygens (including phenoxy) is 1. The smallest absolute Gasteiger partial charge is 0.303 e. The van der Waals surface area contributed by atoms with E-state index in [9.17, 15) is 4.79 Å². The number of hydrogen-bond acceptors (Lipinski definition) is 2. The summed E-state index contributed by atoms with van der Waals surface area (Å²) < 4.78 is 5.34. The van der Waals surface area contributed by atoms with Gasteiger partial charge < -0.3 is 9.84 Å². The van der Waals surface area contributed by atoms with E-state index in [1.165, 1.54) is 5.56 Å². The fourth-order valence-corrected chi connectivity index (χ4v) is 2.57. The molecule has 0 spiro atoms. The van der Waals surface area contributed by atoms with Crippen LogP contribution >= 0.6 is 0 Å². The van der Waals surface area contributed by atoms with Gasteiger partial charge in [0.05, 0.1) is 13.5 Å². The van der Waals surface area contributed by atoms with E-state index < -0.39 is 5.97 Å². The highest BCUT2D eigenvalue weighted by Crippen LogP contribution is 2.35. The molecular weight excluding hydrogens is 228 g/mol. The van der Waals surface area contributed by atoms with Gasteiger partial charge in [-0.25, -0.2) is 0 Å². The van der Waals surface area contributed by atoms with Crippen molar-refractivity contribution < 1.29 is 14.6 Å². The molecule has 0 aliphatic heterocycles. The number of benzene rings is 1. The molecule has 3 nitrogen and oxygen atoms in total. The summed E-state index contributed by atoms with van der Waals surface area (Å²) in [5.41, 5.74) is 4.53. The van der Waals surface area contributed by atoms with E-state index in [0.717, 1.165) is 28.9 Å². The van der Waals surface area contributed by atoms with E-state index in [4.69, 9.17) is 9.84 Å². The number of aliphatic carboxylic acids is 1. The minimum Gasteiger partial charge on any atom is -0.496 e. The predicted octanol–water partition coefficient (Wildman–Crippen LogP) is 3.59. The first kappa shape index (κ1) is 14.6. The molecule has 0 aliphatic carbocycles. The van der Waals surface area contributed by atoms with Crippen molar-refractivity contribution >= 4 is 5.97 Å². The third-order valence-corrected chi connectivity index (χ3v) is 3.65. The SMILES string of the molecule is CCC(CC(=O)O)c1c(C)cc(OC)c(C)c1C. The van der Waals surface area contributed by atoms with Gasteiger partial charge in [0, 0.05) is 0 Å². The molecule has 0 saturated carbocycles. The number of carbonyl (C=O) groups is 1. The molecule has 0 saturated heterocycles. The number of rotatable bonds is 5. The van der Waals surface area contributed by atoms with Crippen molar-refractivity contribution in [3.8, 4) is 5.75 Å². The molecule has 1 N–H and O–H groups in total. The lowest BCUT2D eigenvalue weighted by Gasteiger charge is -2.22. The molecule has 1 unspecified atom stereocenters. The summed E-state index contributed by atoms with van der Waals surface area (Å²) >= 11 is 0. The Bertz CT molecular complexity index is 450. The number of carboxylic acids is 1. The lowest BCUT2D eigenvalue weighted by atomic mass is 9.84. The second kappa shape index (κ2) is 5.89. The molecule has 0 bridgehead atoms. The van der Waals surface area contributed by atoms with Crippen LogP contribution in [0, 0.1) is 20.8 Å². The van der Waals surface area contributed by atoms with E-state index in [1.54, 1.807) is 7.11 Å². The monoisotopic (exact) mass is 250 g/mol. The van der Waals surface area contributed by atoms with E-state index in [0.29, 0.717) is 0 Å². The fraction of sp³-hybridized carbons (Fsp3) is 0.533. The Balaban J connectivity index is 3.30. The zero-order chi connectivity index (χ0) is 13.9. The Morgan fingerprint density at radius 3 is 2.39 bits per heavy atom. The standard InChI is InChI=1S/C15H22O3/c1-6-12(8-14(16)17)15-9(2)7-13(18-5)10(3)11(15)4/h7,12H,6,8H2,1-5H3,(H,16,17). The van der Waals surface area contributed by atoms with E-state index >= 15 is 0 Å². The average Bonchev–Trinajstić information content (AvgIpc) is 2.32. The molecule has 0 heterocycles. The minimum atomic E-state index is -0.742. The molecule has 100 valence electrons. The minimum absolute atomic E-state index is 0.0760. The molecule has 0 aliphatic rings. The quantitative estimate of drug-likeness (QED) is 0.868. The zero-order valence-corrected chi connectivity index (χ0v) is 11.8. The second-order valence-electron chi connectivity index (χ2n) is 4.76. The summed E-state index contributed by atoms with van der Waals surface area (Å²) in [7, 11) is 1.66. The Morgan fingerprint density at radius 2 is 1.94 bits per heavy atom. The van der Waals surface area contributed by atoms with Crippen LogP contribution < -0.4 is 4.74 Å². The molecule has 0 amide bonds. The normalized spacial score (nSPS) is 12.3. The van der Waals surface area contributed by atoms with Crippen LogP contribution in [0.4, 0.5) is 0 Å². The summed E-state index contributed by atoms with van der Waals surface area (Å²) in [5.74, 6) is 0.208. The van der Waals surface area contributed by atoms with Gasteiger partial charge in [0.15, 0.2) is 0 Å². The first-order chi connectivity index (χ1) is 8.42. The van der Waals surface area contributed by atoms with Crippen LogP contribution in [-0.2, 0) is 4.79 Å². The Morgan fingerprint density at radius 1 is 1.33 bits per heavy atom. The maximum atomic E-state index is 10.9. The molecule has 0 fully saturated rings. The van der Waals surface area contributed by atoms with Crippen LogP contribution in [0.5, 0.6) is 5.75 Å². The molecule has 1 aromatic rings. The van der Waals surface area contributed by atoms with Crippen molar-refractivity contribution in [2.24, 2.45) is 0 Å². The van der Waals surface area contributed by atoms with Crippen LogP contribution in [0.15, 0.2) is 6.07 Å². The van der Waals surface area contributed by atoms with Gasteiger partial charge in [-0.15, -0.1) is 0 Å². The summed E-state index contributed by atoms with van der Waals surface area (Å²) in [4.78, 5) is 10.9. The maximum Gasteiger partial charge on any atom is 0.303 e. The Hall–Kier alpha value is -1.51. The van der Waals surface area contributed by atoms with Crippen molar-refractivity contribution in [3.05, 3.63) is 28.3 Å². The number of methoxy groups -OCH3 is 1. The zero-order valence-electron chi connectivity index (χ0n) is 11.8. The maximum absolute atomic E-state index is 10.9. The van der Waals surface area contributed by atoms with E-state index in [2.05, 4.69) is 0 Å². The van der Waals surface area contributed by atoms with Crippen LogP contribution in [0.3, 0.4) is 0 Å². The van der Waals surface area contributed by atoms with Crippen molar-refractivity contribution in [2.75, 3.05) is 7.11 Å². The summed E-state index contributed by atoms with van der Waals surface area (Å²) in [6, 6.07) is 2.00. The summed E-state index contributed by atoms with van der Waals surface area (Å²) in [6.07, 6.45) is 1.02. The van der Waals surface area contributed by atoms with Crippen LogP contribution in [0.2, 0.25) is 0 Å². The topological polar surface area (TPSA) is 46.5 Å². The van der Waals surface area contributed by atoms with Gasteiger partial charge >= 0.3 is 5.97 Å². The van der Waals surface area contributed by atoms with Gasteiger partial charge in [-0.2, -0.15) is 0 Å². The van der Waals surface area contributed by atoms with Crippen LogP contribution in [0.1, 0.15) is 47.9 Å². The first-order valence-corrected chi connectivity index (χ1v) is 6.28. The lowest BCUT2D eigenvalue weighted by molar-refractivity contribution is -0.137. The van der Waals surface area contributed by atoms with E-state index in [1.807, 2.05) is 33.8 Å². The lowest BCUT2D eigenvalue weighted by Crippen LogP contribution is -2.10. The third-order valence-electron chi connectivity index (χ3n) is 3.65. The van der Waals surface area contributed by atoms with Crippen LogP contribution in [0.25, 0.3) is 0 Å². The Kier molecular flexibility index (Phi) is 4.76. The molecule has 3 heteroatoms. The number of aryl methyl sites for hydroxylation is 1. The third kappa shape index (κ3) is 2.84. The van der Waals surface area contributed by atoms with Crippen molar-refractivity contribution in [3.63, 3.8) is 0 Å². The van der Waals surface area contributed by atoms with Gasteiger partial charge in [0.2, 0.25) is 0 Å². The highest BCUT2D eigenvalue weighted by atomic mass is 16.5. The number of hydrogen-bond donors (Lipinski definition) is 1. The van der Waals surface area contributed by atoms with Crippen LogP contribution in [-0.4, -0.2) is 18.2 Å². The van der Waals surface area contributed by atoms with E-state index in [-0.39, 0.29) is 12.3 Å². The van der Waals surface area contributed by atoms with Crippen molar-refractivity contribution in [1.82, 2.24) is 0 Å². The summed E-state index contributed by atoms with van der Waals surface area (Å²) in [6.45, 7) is 8.12. The highest BCUT2D eigenvalue weighted by Gasteiger charge is 2.20. The van der Waals surface area contributed by atoms with Crippen molar-refractivity contribution in [1.29, 1.82) is 0 Å². The first-order valence-electron chi connectivity index (χ1n) is 6.28. The summed E-state index contributed by atoms with van der Waals surface area (Å²) in [5, 5.41) is 9.00. The molecule has 1 atom stereocenters. The number of carboxylic acid groups (broad SMARTS) is 1. The van der Waals surface area contributed by atoms with Crippen molar-refractivity contribution in [2.45, 2.75) is 46.5 Å².